The Morgan fingerprint density at radius 2 is 1.95 bits per heavy atom. The zero-order chi connectivity index (χ0) is 13.8. The lowest BCUT2D eigenvalue weighted by Gasteiger charge is -2.35. The van der Waals surface area contributed by atoms with Gasteiger partial charge in [-0.25, -0.2) is 10.4 Å². The molecule has 1 heterocycles. The SMILES string of the molecule is CN1CCN(NC(CN)c2cccc(Cl)c2Cl)CC1. The lowest BCUT2D eigenvalue weighted by atomic mass is 10.1. The van der Waals surface area contributed by atoms with Crippen molar-refractivity contribution in [1.29, 1.82) is 0 Å². The predicted octanol–water partition coefficient (Wildman–Crippen LogP) is 1.75. The molecule has 1 aromatic rings. The van der Waals surface area contributed by atoms with Crippen LogP contribution in [0, 0.1) is 0 Å². The molecule has 1 aliphatic heterocycles. The fourth-order valence-corrected chi connectivity index (χ4v) is 2.63. The van der Waals surface area contributed by atoms with Crippen LogP contribution in [0.3, 0.4) is 0 Å². The number of nitrogens with zero attached hydrogens (tertiary/aromatic N) is 2. The highest BCUT2D eigenvalue weighted by molar-refractivity contribution is 6.42. The standard InChI is InChI=1S/C13H20Cl2N4/c1-18-5-7-19(8-6-18)17-12(9-16)10-3-2-4-11(14)13(10)15/h2-4,12,17H,5-9,16H2,1H3. The Morgan fingerprint density at radius 3 is 2.58 bits per heavy atom. The predicted molar refractivity (Wildman–Crippen MR) is 80.5 cm³/mol. The van der Waals surface area contributed by atoms with Crippen molar-refractivity contribution in [3.05, 3.63) is 33.8 Å². The van der Waals surface area contributed by atoms with E-state index in [2.05, 4.69) is 22.4 Å². The summed E-state index contributed by atoms with van der Waals surface area (Å²) < 4.78 is 0. The maximum atomic E-state index is 6.25. The summed E-state index contributed by atoms with van der Waals surface area (Å²) in [7, 11) is 2.13. The first kappa shape index (κ1) is 15.0. The van der Waals surface area contributed by atoms with Gasteiger partial charge in [0, 0.05) is 32.7 Å². The zero-order valence-electron chi connectivity index (χ0n) is 11.1. The third kappa shape index (κ3) is 3.81. The molecule has 1 saturated heterocycles. The van der Waals surface area contributed by atoms with E-state index in [1.807, 2.05) is 12.1 Å². The minimum Gasteiger partial charge on any atom is -0.329 e. The smallest absolute Gasteiger partial charge is 0.0641 e. The number of piperazine rings is 1. The van der Waals surface area contributed by atoms with Crippen LogP contribution >= 0.6 is 23.2 Å². The van der Waals surface area contributed by atoms with E-state index in [-0.39, 0.29) is 6.04 Å². The van der Waals surface area contributed by atoms with Gasteiger partial charge >= 0.3 is 0 Å². The zero-order valence-corrected chi connectivity index (χ0v) is 12.6. The van der Waals surface area contributed by atoms with Crippen LogP contribution in [0.5, 0.6) is 0 Å². The van der Waals surface area contributed by atoms with Crippen molar-refractivity contribution >= 4 is 23.2 Å². The second kappa shape index (κ2) is 6.88. The minimum atomic E-state index is -0.00499. The third-order valence-electron chi connectivity index (χ3n) is 3.43. The van der Waals surface area contributed by atoms with Gasteiger partial charge in [-0.2, -0.15) is 0 Å². The molecule has 19 heavy (non-hydrogen) atoms. The van der Waals surface area contributed by atoms with E-state index in [9.17, 15) is 0 Å². The molecule has 0 aliphatic carbocycles. The maximum absolute atomic E-state index is 6.25. The number of nitrogens with one attached hydrogen (secondary N) is 1. The number of halogens is 2. The average molecular weight is 303 g/mol. The van der Waals surface area contributed by atoms with Crippen LogP contribution in [0.15, 0.2) is 18.2 Å². The Kier molecular flexibility index (Phi) is 5.45. The van der Waals surface area contributed by atoms with Crippen LogP contribution in [0.4, 0.5) is 0 Å². The summed E-state index contributed by atoms with van der Waals surface area (Å²) in [5.74, 6) is 0. The lowest BCUT2D eigenvalue weighted by Crippen LogP contribution is -2.52. The molecule has 1 fully saturated rings. The first-order valence-corrected chi connectivity index (χ1v) is 7.21. The molecule has 6 heteroatoms. The summed E-state index contributed by atoms with van der Waals surface area (Å²) in [6.07, 6.45) is 0. The van der Waals surface area contributed by atoms with E-state index in [0.717, 1.165) is 31.7 Å². The van der Waals surface area contributed by atoms with Gasteiger partial charge in [-0.3, -0.25) is 0 Å². The molecule has 2 rings (SSSR count). The molecule has 0 amide bonds. The number of likely N-dealkylation sites (N-methyl/N-ethyl adjacent to an activating group) is 1. The van der Waals surface area contributed by atoms with Crippen LogP contribution in [0.25, 0.3) is 0 Å². The number of hydrogen-bond donors (Lipinski definition) is 2. The summed E-state index contributed by atoms with van der Waals surface area (Å²) in [4.78, 5) is 2.31. The molecule has 0 aromatic heterocycles. The third-order valence-corrected chi connectivity index (χ3v) is 4.27. The summed E-state index contributed by atoms with van der Waals surface area (Å²) in [6.45, 7) is 4.53. The quantitative estimate of drug-likeness (QED) is 0.889. The van der Waals surface area contributed by atoms with Crippen molar-refractivity contribution in [3.8, 4) is 0 Å². The molecule has 106 valence electrons. The van der Waals surface area contributed by atoms with Crippen molar-refractivity contribution in [2.45, 2.75) is 6.04 Å². The molecule has 1 aromatic carbocycles. The van der Waals surface area contributed by atoms with Crippen molar-refractivity contribution in [1.82, 2.24) is 15.3 Å². The highest BCUT2D eigenvalue weighted by Crippen LogP contribution is 2.29. The van der Waals surface area contributed by atoms with E-state index in [1.165, 1.54) is 0 Å². The minimum absolute atomic E-state index is 0.00499. The van der Waals surface area contributed by atoms with Gasteiger partial charge in [0.1, 0.15) is 0 Å². The number of nitrogens with two attached hydrogens (primary N) is 1. The van der Waals surface area contributed by atoms with Crippen molar-refractivity contribution < 1.29 is 0 Å². The summed E-state index contributed by atoms with van der Waals surface area (Å²) in [5.41, 5.74) is 10.3. The second-order valence-electron chi connectivity index (χ2n) is 4.85. The normalized spacial score (nSPS) is 19.6. The molecule has 0 bridgehead atoms. The largest absolute Gasteiger partial charge is 0.329 e. The summed E-state index contributed by atoms with van der Waals surface area (Å²) in [5, 5.41) is 3.36. The van der Waals surface area contributed by atoms with Crippen LogP contribution < -0.4 is 11.2 Å². The van der Waals surface area contributed by atoms with Gasteiger partial charge in [0.25, 0.3) is 0 Å². The Bertz CT molecular complexity index is 419. The monoisotopic (exact) mass is 302 g/mol. The topological polar surface area (TPSA) is 44.5 Å². The Labute approximate surface area is 124 Å². The van der Waals surface area contributed by atoms with Crippen molar-refractivity contribution in [2.75, 3.05) is 39.8 Å². The fourth-order valence-electron chi connectivity index (χ4n) is 2.19. The average Bonchev–Trinajstić information content (AvgIpc) is 2.42. The molecule has 1 aliphatic rings. The van der Waals surface area contributed by atoms with Crippen LogP contribution in [0.1, 0.15) is 11.6 Å². The first-order chi connectivity index (χ1) is 9.11. The van der Waals surface area contributed by atoms with Gasteiger partial charge < -0.3 is 10.6 Å². The molecule has 0 spiro atoms. The Balaban J connectivity index is 2.05. The molecular formula is C13H20Cl2N4. The van der Waals surface area contributed by atoms with E-state index in [4.69, 9.17) is 28.9 Å². The molecule has 0 saturated carbocycles. The van der Waals surface area contributed by atoms with Crippen LogP contribution in [-0.4, -0.2) is 49.7 Å². The molecule has 3 N–H and O–H groups in total. The van der Waals surface area contributed by atoms with Gasteiger partial charge in [-0.05, 0) is 18.7 Å². The summed E-state index contributed by atoms with van der Waals surface area (Å²) >= 11 is 12.3. The Hall–Kier alpha value is -0.360. The van der Waals surface area contributed by atoms with Crippen LogP contribution in [-0.2, 0) is 0 Å². The van der Waals surface area contributed by atoms with Gasteiger partial charge in [-0.1, -0.05) is 35.3 Å². The number of hydrogen-bond acceptors (Lipinski definition) is 4. The van der Waals surface area contributed by atoms with Gasteiger partial charge in [0.05, 0.1) is 16.1 Å². The Morgan fingerprint density at radius 1 is 1.26 bits per heavy atom. The molecular weight excluding hydrogens is 283 g/mol. The number of hydrazine groups is 1. The van der Waals surface area contributed by atoms with Crippen molar-refractivity contribution in [2.24, 2.45) is 5.73 Å². The fraction of sp³-hybridized carbons (Fsp3) is 0.538. The second-order valence-corrected chi connectivity index (χ2v) is 5.64. The highest BCUT2D eigenvalue weighted by Gasteiger charge is 2.20. The molecule has 0 radical (unpaired) electrons. The van der Waals surface area contributed by atoms with E-state index in [1.54, 1.807) is 6.07 Å². The van der Waals surface area contributed by atoms with E-state index >= 15 is 0 Å². The molecule has 1 unspecified atom stereocenters. The first-order valence-electron chi connectivity index (χ1n) is 6.45. The summed E-state index contributed by atoms with van der Waals surface area (Å²) in [6, 6.07) is 5.65. The lowest BCUT2D eigenvalue weighted by molar-refractivity contribution is 0.0880. The molecule has 1 atom stereocenters. The van der Waals surface area contributed by atoms with Gasteiger partial charge in [-0.15, -0.1) is 0 Å². The van der Waals surface area contributed by atoms with E-state index in [0.29, 0.717) is 16.6 Å². The van der Waals surface area contributed by atoms with Gasteiger partial charge in [0.15, 0.2) is 0 Å². The van der Waals surface area contributed by atoms with Gasteiger partial charge in [0.2, 0.25) is 0 Å². The maximum Gasteiger partial charge on any atom is 0.0641 e. The number of benzene rings is 1. The van der Waals surface area contributed by atoms with E-state index < -0.39 is 0 Å². The molecule has 4 nitrogen and oxygen atoms in total. The van der Waals surface area contributed by atoms with Crippen molar-refractivity contribution in [3.63, 3.8) is 0 Å². The highest BCUT2D eigenvalue weighted by atomic mass is 35.5. The number of rotatable bonds is 4. The van der Waals surface area contributed by atoms with Crippen LogP contribution in [0.2, 0.25) is 10.0 Å².